The van der Waals surface area contributed by atoms with Gasteiger partial charge in [-0.15, -0.1) is 12.4 Å². The van der Waals surface area contributed by atoms with Crippen LogP contribution in [0.5, 0.6) is 5.75 Å². The van der Waals surface area contributed by atoms with Gasteiger partial charge in [0.1, 0.15) is 19.0 Å². The van der Waals surface area contributed by atoms with Crippen LogP contribution in [0.4, 0.5) is 10.1 Å². The summed E-state index contributed by atoms with van der Waals surface area (Å²) in [6, 6.07) is 6.89. The Morgan fingerprint density at radius 3 is 2.89 bits per heavy atom. The number of hydrogen-bond donors (Lipinski definition) is 2. The summed E-state index contributed by atoms with van der Waals surface area (Å²) in [5.74, 6) is 0.451. The van der Waals surface area contributed by atoms with Gasteiger partial charge in [-0.2, -0.15) is 0 Å². The van der Waals surface area contributed by atoms with Gasteiger partial charge in [0.05, 0.1) is 0 Å². The van der Waals surface area contributed by atoms with E-state index in [9.17, 15) is 9.18 Å². The fourth-order valence-corrected chi connectivity index (χ4v) is 1.40. The average Bonchev–Trinajstić information content (AvgIpc) is 2.34. The molecule has 0 heterocycles. The largest absolute Gasteiger partial charge is 0.491 e. The van der Waals surface area contributed by atoms with Crippen molar-refractivity contribution in [1.29, 1.82) is 0 Å². The molecule has 0 aliphatic heterocycles. The molecule has 0 bridgehead atoms. The number of rotatable bonds is 7. The van der Waals surface area contributed by atoms with Crippen LogP contribution in [0.3, 0.4) is 0 Å². The van der Waals surface area contributed by atoms with Crippen molar-refractivity contribution >= 4 is 24.0 Å². The molecule has 1 atom stereocenters. The summed E-state index contributed by atoms with van der Waals surface area (Å²) in [7, 11) is 0. The van der Waals surface area contributed by atoms with Crippen molar-refractivity contribution in [1.82, 2.24) is 0 Å². The second-order valence-electron chi connectivity index (χ2n) is 4.13. The monoisotopic (exact) mass is 290 g/mol. The summed E-state index contributed by atoms with van der Waals surface area (Å²) >= 11 is 0. The normalized spacial score (nSPS) is 11.3. The molecule has 0 radical (unpaired) electrons. The maximum absolute atomic E-state index is 12.0. The van der Waals surface area contributed by atoms with E-state index in [-0.39, 0.29) is 31.0 Å². The highest BCUT2D eigenvalue weighted by molar-refractivity contribution is 5.90. The maximum Gasteiger partial charge on any atom is 0.224 e. The van der Waals surface area contributed by atoms with Gasteiger partial charge in [0, 0.05) is 24.2 Å². The first-order valence-corrected chi connectivity index (χ1v) is 5.96. The number of anilines is 1. The van der Waals surface area contributed by atoms with Crippen molar-refractivity contribution in [3.63, 3.8) is 0 Å². The lowest BCUT2D eigenvalue weighted by atomic mass is 10.2. The van der Waals surface area contributed by atoms with Crippen LogP contribution in [0.25, 0.3) is 0 Å². The highest BCUT2D eigenvalue weighted by Gasteiger charge is 2.05. The van der Waals surface area contributed by atoms with E-state index in [2.05, 4.69) is 5.32 Å². The fraction of sp³-hybridized carbons (Fsp3) is 0.462. The van der Waals surface area contributed by atoms with Crippen LogP contribution in [-0.4, -0.2) is 25.2 Å². The van der Waals surface area contributed by atoms with Crippen LogP contribution in [0, 0.1) is 0 Å². The number of hydrogen-bond acceptors (Lipinski definition) is 3. The number of nitrogens with one attached hydrogen (secondary N) is 1. The maximum atomic E-state index is 12.0. The van der Waals surface area contributed by atoms with Crippen molar-refractivity contribution < 1.29 is 13.9 Å². The summed E-state index contributed by atoms with van der Waals surface area (Å²) in [6.07, 6.45) is 1.02. The van der Waals surface area contributed by atoms with Gasteiger partial charge in [-0.25, -0.2) is 4.39 Å². The summed E-state index contributed by atoms with van der Waals surface area (Å²) in [6.45, 7) is 1.34. The Hall–Kier alpha value is -1.33. The molecule has 1 amide bonds. The molecule has 0 aromatic heterocycles. The van der Waals surface area contributed by atoms with Crippen LogP contribution in [0.15, 0.2) is 24.3 Å². The van der Waals surface area contributed by atoms with Gasteiger partial charge in [0.25, 0.3) is 0 Å². The Balaban J connectivity index is 0.00000324. The highest BCUT2D eigenvalue weighted by atomic mass is 35.5. The minimum absolute atomic E-state index is 0. The Kier molecular flexibility index (Phi) is 8.91. The molecule has 4 nitrogen and oxygen atoms in total. The number of carbonyl (C=O) groups is 1. The van der Waals surface area contributed by atoms with Gasteiger partial charge in [-0.1, -0.05) is 6.07 Å². The zero-order valence-corrected chi connectivity index (χ0v) is 11.7. The second-order valence-corrected chi connectivity index (χ2v) is 4.13. The molecule has 6 heteroatoms. The number of nitrogens with two attached hydrogens (primary N) is 1. The Morgan fingerprint density at radius 2 is 2.26 bits per heavy atom. The van der Waals surface area contributed by atoms with Crippen molar-refractivity contribution in [2.75, 3.05) is 18.6 Å². The van der Waals surface area contributed by atoms with Crippen molar-refractivity contribution in [3.8, 4) is 5.75 Å². The lowest BCUT2D eigenvalue weighted by Crippen LogP contribution is -2.19. The molecule has 0 saturated heterocycles. The zero-order valence-electron chi connectivity index (χ0n) is 10.9. The van der Waals surface area contributed by atoms with E-state index in [0.29, 0.717) is 24.3 Å². The minimum Gasteiger partial charge on any atom is -0.491 e. The lowest BCUT2D eigenvalue weighted by Gasteiger charge is -2.09. The molecule has 0 aliphatic rings. The zero-order chi connectivity index (χ0) is 13.4. The van der Waals surface area contributed by atoms with Gasteiger partial charge in [0.15, 0.2) is 0 Å². The third-order valence-corrected chi connectivity index (χ3v) is 2.29. The van der Waals surface area contributed by atoms with E-state index in [1.165, 1.54) is 0 Å². The smallest absolute Gasteiger partial charge is 0.224 e. The summed E-state index contributed by atoms with van der Waals surface area (Å²) in [5.41, 5.74) is 6.22. The molecule has 108 valence electrons. The topological polar surface area (TPSA) is 64.4 Å². The van der Waals surface area contributed by atoms with E-state index in [0.717, 1.165) is 0 Å². The minimum atomic E-state index is -0.537. The molecule has 0 saturated carbocycles. The predicted molar refractivity (Wildman–Crippen MR) is 76.7 cm³/mol. The molecule has 19 heavy (non-hydrogen) atoms. The van der Waals surface area contributed by atoms with Gasteiger partial charge in [-0.3, -0.25) is 4.79 Å². The van der Waals surface area contributed by atoms with Crippen LogP contribution in [-0.2, 0) is 4.79 Å². The molecule has 0 fully saturated rings. The second kappa shape index (κ2) is 9.58. The first-order valence-electron chi connectivity index (χ1n) is 5.96. The number of amides is 1. The first kappa shape index (κ1) is 17.7. The fourth-order valence-electron chi connectivity index (χ4n) is 1.40. The Labute approximate surface area is 118 Å². The molecule has 1 rings (SSSR count). The molecule has 3 N–H and O–H groups in total. The van der Waals surface area contributed by atoms with Crippen LogP contribution < -0.4 is 15.8 Å². The molecular weight excluding hydrogens is 271 g/mol. The molecule has 1 unspecified atom stereocenters. The van der Waals surface area contributed by atoms with E-state index >= 15 is 0 Å². The lowest BCUT2D eigenvalue weighted by molar-refractivity contribution is -0.116. The number of alkyl halides is 1. The Bertz CT molecular complexity index is 389. The standard InChI is InChI=1S/C13H19FN2O2.ClH/c1-10(15)5-6-13(17)16-11-3-2-4-12(9-11)18-8-7-14;/h2-4,9-10H,5-8,15H2,1H3,(H,16,17);1H. The molecular formula is C13H20ClFN2O2. The van der Waals surface area contributed by atoms with E-state index in [1.807, 2.05) is 6.92 Å². The predicted octanol–water partition coefficient (Wildman–Crippen LogP) is 2.52. The van der Waals surface area contributed by atoms with Crippen LogP contribution in [0.2, 0.25) is 0 Å². The molecule has 0 spiro atoms. The average molecular weight is 291 g/mol. The van der Waals surface area contributed by atoms with Crippen molar-refractivity contribution in [2.45, 2.75) is 25.8 Å². The van der Waals surface area contributed by atoms with Gasteiger partial charge in [-0.05, 0) is 25.5 Å². The Morgan fingerprint density at radius 1 is 1.53 bits per heavy atom. The van der Waals surface area contributed by atoms with Gasteiger partial charge in [0.2, 0.25) is 5.91 Å². The summed E-state index contributed by atoms with van der Waals surface area (Å²) in [4.78, 5) is 11.6. The highest BCUT2D eigenvalue weighted by Crippen LogP contribution is 2.17. The molecule has 0 aliphatic carbocycles. The number of ether oxygens (including phenoxy) is 1. The van der Waals surface area contributed by atoms with E-state index < -0.39 is 6.67 Å². The van der Waals surface area contributed by atoms with Crippen molar-refractivity contribution in [2.24, 2.45) is 5.73 Å². The van der Waals surface area contributed by atoms with Gasteiger partial charge >= 0.3 is 0 Å². The third-order valence-electron chi connectivity index (χ3n) is 2.29. The quantitative estimate of drug-likeness (QED) is 0.811. The molecule has 1 aromatic carbocycles. The van der Waals surface area contributed by atoms with E-state index in [4.69, 9.17) is 10.5 Å². The van der Waals surface area contributed by atoms with Crippen molar-refractivity contribution in [3.05, 3.63) is 24.3 Å². The first-order chi connectivity index (χ1) is 8.61. The van der Waals surface area contributed by atoms with E-state index in [1.54, 1.807) is 24.3 Å². The third kappa shape index (κ3) is 7.64. The van der Waals surface area contributed by atoms with Crippen LogP contribution in [0.1, 0.15) is 19.8 Å². The molecule has 1 aromatic rings. The number of carbonyl (C=O) groups excluding carboxylic acids is 1. The SMILES string of the molecule is CC(N)CCC(=O)Nc1cccc(OCCF)c1.Cl. The van der Waals surface area contributed by atoms with Crippen LogP contribution >= 0.6 is 12.4 Å². The number of benzene rings is 1. The summed E-state index contributed by atoms with van der Waals surface area (Å²) < 4.78 is 17.1. The van der Waals surface area contributed by atoms with Gasteiger partial charge < -0.3 is 15.8 Å². The number of halogens is 2. The summed E-state index contributed by atoms with van der Waals surface area (Å²) in [5, 5.41) is 2.75.